The average molecular weight is 435 g/mol. The molecule has 3 N–H and O–H groups in total. The van der Waals surface area contributed by atoms with Crippen LogP contribution in [-0.2, 0) is 4.74 Å². The molecule has 7 nitrogen and oxygen atoms in total. The van der Waals surface area contributed by atoms with Crippen molar-refractivity contribution in [3.05, 3.63) is 52.5 Å². The van der Waals surface area contributed by atoms with Crippen LogP contribution in [0, 0.1) is 0 Å². The van der Waals surface area contributed by atoms with Crippen LogP contribution >= 0.6 is 15.9 Å². The van der Waals surface area contributed by atoms with E-state index in [9.17, 15) is 9.59 Å². The first-order valence-electron chi connectivity index (χ1n) is 8.33. The third-order valence-electron chi connectivity index (χ3n) is 3.69. The van der Waals surface area contributed by atoms with Crippen molar-refractivity contribution in [1.82, 2.24) is 5.32 Å². The number of hydrogen-bond acceptors (Lipinski definition) is 4. The van der Waals surface area contributed by atoms with Crippen molar-refractivity contribution in [2.75, 3.05) is 49.9 Å². The molecule has 0 saturated heterocycles. The van der Waals surface area contributed by atoms with Crippen LogP contribution in [0.2, 0.25) is 0 Å². The number of urea groups is 1. The van der Waals surface area contributed by atoms with Crippen LogP contribution in [-0.4, -0.2) is 46.3 Å². The minimum atomic E-state index is -0.398. The Kier molecular flexibility index (Phi) is 7.63. The standard InChI is InChI=1S/C19H23BrN4O3/c1-24(2)17-9-8-13(12-14(17)18(25)21-10-11-27-3)22-19(26)23-16-7-5-4-6-15(16)20/h4-9,12H,10-11H2,1-3H3,(H,21,25)(H2,22,23,26). The molecule has 0 radical (unpaired) electrons. The molecule has 3 amide bonds. The van der Waals surface area contributed by atoms with E-state index in [1.165, 1.54) is 0 Å². The SMILES string of the molecule is COCCNC(=O)c1cc(NC(=O)Nc2ccccc2Br)ccc1N(C)C. The molecule has 0 heterocycles. The van der Waals surface area contributed by atoms with E-state index in [-0.39, 0.29) is 5.91 Å². The fourth-order valence-corrected chi connectivity index (χ4v) is 2.78. The van der Waals surface area contributed by atoms with E-state index >= 15 is 0 Å². The Hall–Kier alpha value is -2.58. The van der Waals surface area contributed by atoms with Gasteiger partial charge in [-0.3, -0.25) is 4.79 Å². The molecular weight excluding hydrogens is 412 g/mol. The number of amides is 3. The molecule has 0 bridgehead atoms. The van der Waals surface area contributed by atoms with Gasteiger partial charge in [0.2, 0.25) is 0 Å². The Morgan fingerprint density at radius 3 is 2.52 bits per heavy atom. The lowest BCUT2D eigenvalue weighted by atomic mass is 10.1. The maximum Gasteiger partial charge on any atom is 0.323 e. The lowest BCUT2D eigenvalue weighted by molar-refractivity contribution is 0.0937. The quantitative estimate of drug-likeness (QED) is 0.582. The molecule has 27 heavy (non-hydrogen) atoms. The monoisotopic (exact) mass is 434 g/mol. The number of nitrogens with one attached hydrogen (secondary N) is 3. The Balaban J connectivity index is 2.15. The first-order chi connectivity index (χ1) is 12.9. The van der Waals surface area contributed by atoms with E-state index in [1.807, 2.05) is 37.2 Å². The predicted octanol–water partition coefficient (Wildman–Crippen LogP) is 3.54. The lowest BCUT2D eigenvalue weighted by Gasteiger charge is -2.18. The molecule has 0 atom stereocenters. The summed E-state index contributed by atoms with van der Waals surface area (Å²) in [4.78, 5) is 26.6. The predicted molar refractivity (Wildman–Crippen MR) is 112 cm³/mol. The lowest BCUT2D eigenvalue weighted by Crippen LogP contribution is -2.29. The molecule has 2 rings (SSSR count). The Bertz CT molecular complexity index is 811. The molecule has 0 saturated carbocycles. The van der Waals surface area contributed by atoms with Gasteiger partial charge in [-0.15, -0.1) is 0 Å². The highest BCUT2D eigenvalue weighted by Gasteiger charge is 2.15. The highest BCUT2D eigenvalue weighted by molar-refractivity contribution is 9.10. The van der Waals surface area contributed by atoms with Crippen molar-refractivity contribution in [3.8, 4) is 0 Å². The Labute approximate surface area is 167 Å². The highest BCUT2D eigenvalue weighted by atomic mass is 79.9. The summed E-state index contributed by atoms with van der Waals surface area (Å²) in [6.45, 7) is 0.831. The highest BCUT2D eigenvalue weighted by Crippen LogP contribution is 2.24. The normalized spacial score (nSPS) is 10.2. The molecule has 2 aromatic carbocycles. The topological polar surface area (TPSA) is 82.7 Å². The summed E-state index contributed by atoms with van der Waals surface area (Å²) in [5.41, 5.74) is 2.39. The van der Waals surface area contributed by atoms with Gasteiger partial charge in [0.1, 0.15) is 0 Å². The van der Waals surface area contributed by atoms with Crippen LogP contribution in [0.4, 0.5) is 21.9 Å². The molecule has 2 aromatic rings. The fourth-order valence-electron chi connectivity index (χ4n) is 2.39. The molecule has 0 aliphatic rings. The molecule has 0 aromatic heterocycles. The van der Waals surface area contributed by atoms with Gasteiger partial charge >= 0.3 is 6.03 Å². The van der Waals surface area contributed by atoms with Gasteiger partial charge in [0.15, 0.2) is 0 Å². The number of hydrogen-bond donors (Lipinski definition) is 3. The summed E-state index contributed by atoms with van der Waals surface area (Å²) in [6, 6.07) is 12.1. The number of benzene rings is 2. The zero-order chi connectivity index (χ0) is 19.8. The molecular formula is C19H23BrN4O3. The number of methoxy groups -OCH3 is 1. The maximum atomic E-state index is 12.5. The van der Waals surface area contributed by atoms with Gasteiger partial charge in [-0.2, -0.15) is 0 Å². The molecule has 0 spiro atoms. The zero-order valence-electron chi connectivity index (χ0n) is 15.5. The summed E-state index contributed by atoms with van der Waals surface area (Å²) in [6.07, 6.45) is 0. The number of nitrogens with zero attached hydrogens (tertiary/aromatic N) is 1. The van der Waals surface area contributed by atoms with Crippen LogP contribution in [0.3, 0.4) is 0 Å². The van der Waals surface area contributed by atoms with Gasteiger partial charge in [-0.1, -0.05) is 12.1 Å². The molecule has 0 aliphatic heterocycles. The van der Waals surface area contributed by atoms with Gasteiger partial charge in [0, 0.05) is 43.6 Å². The molecule has 144 valence electrons. The van der Waals surface area contributed by atoms with E-state index in [1.54, 1.807) is 31.4 Å². The van der Waals surface area contributed by atoms with Crippen molar-refractivity contribution < 1.29 is 14.3 Å². The second-order valence-corrected chi connectivity index (χ2v) is 6.79. The number of para-hydroxylation sites is 1. The molecule has 0 fully saturated rings. The summed E-state index contributed by atoms with van der Waals surface area (Å²) in [7, 11) is 5.29. The van der Waals surface area contributed by atoms with Gasteiger partial charge in [0.25, 0.3) is 5.91 Å². The minimum Gasteiger partial charge on any atom is -0.383 e. The summed E-state index contributed by atoms with van der Waals surface area (Å²) in [5, 5.41) is 8.31. The summed E-state index contributed by atoms with van der Waals surface area (Å²) < 4.78 is 5.73. The van der Waals surface area contributed by atoms with Crippen LogP contribution in [0.25, 0.3) is 0 Å². The van der Waals surface area contributed by atoms with Crippen molar-refractivity contribution in [2.45, 2.75) is 0 Å². The van der Waals surface area contributed by atoms with Crippen LogP contribution in [0.5, 0.6) is 0 Å². The summed E-state index contributed by atoms with van der Waals surface area (Å²) >= 11 is 3.39. The van der Waals surface area contributed by atoms with Crippen LogP contribution < -0.4 is 20.9 Å². The van der Waals surface area contributed by atoms with Gasteiger partial charge < -0.3 is 25.6 Å². The van der Waals surface area contributed by atoms with E-state index < -0.39 is 6.03 Å². The van der Waals surface area contributed by atoms with Crippen LogP contribution in [0.15, 0.2) is 46.9 Å². The number of anilines is 3. The maximum absolute atomic E-state index is 12.5. The first kappa shape index (κ1) is 20.7. The van der Waals surface area contributed by atoms with Crippen molar-refractivity contribution in [2.24, 2.45) is 0 Å². The third-order valence-corrected chi connectivity index (χ3v) is 4.39. The van der Waals surface area contributed by atoms with Crippen LogP contribution in [0.1, 0.15) is 10.4 Å². The average Bonchev–Trinajstić information content (AvgIpc) is 2.63. The molecule has 8 heteroatoms. The summed E-state index contributed by atoms with van der Waals surface area (Å²) in [5.74, 6) is -0.231. The smallest absolute Gasteiger partial charge is 0.323 e. The van der Waals surface area contributed by atoms with Crippen molar-refractivity contribution in [1.29, 1.82) is 0 Å². The van der Waals surface area contributed by atoms with Crippen molar-refractivity contribution in [3.63, 3.8) is 0 Å². The number of rotatable bonds is 7. The minimum absolute atomic E-state index is 0.231. The van der Waals surface area contributed by atoms with Gasteiger partial charge in [-0.25, -0.2) is 4.79 Å². The third kappa shape index (κ3) is 5.97. The number of ether oxygens (including phenoxy) is 1. The Morgan fingerprint density at radius 1 is 1.11 bits per heavy atom. The molecule has 0 aliphatic carbocycles. The fraction of sp³-hybridized carbons (Fsp3) is 0.263. The largest absolute Gasteiger partial charge is 0.383 e. The van der Waals surface area contributed by atoms with E-state index in [0.717, 1.165) is 10.2 Å². The number of halogens is 1. The van der Waals surface area contributed by atoms with E-state index in [2.05, 4.69) is 31.9 Å². The van der Waals surface area contributed by atoms with E-state index in [4.69, 9.17) is 4.74 Å². The van der Waals surface area contributed by atoms with Gasteiger partial charge in [0.05, 0.1) is 17.9 Å². The zero-order valence-corrected chi connectivity index (χ0v) is 17.1. The van der Waals surface area contributed by atoms with Crippen molar-refractivity contribution >= 4 is 44.9 Å². The first-order valence-corrected chi connectivity index (χ1v) is 9.12. The molecule has 0 unspecified atom stereocenters. The Morgan fingerprint density at radius 2 is 1.85 bits per heavy atom. The van der Waals surface area contributed by atoms with Gasteiger partial charge in [-0.05, 0) is 46.3 Å². The second kappa shape index (κ2) is 9.94. The number of carbonyl (C=O) groups excluding carboxylic acids is 2. The van der Waals surface area contributed by atoms with E-state index in [0.29, 0.717) is 30.1 Å². The number of carbonyl (C=O) groups is 2. The second-order valence-electron chi connectivity index (χ2n) is 5.93.